The van der Waals surface area contributed by atoms with Crippen molar-refractivity contribution in [2.75, 3.05) is 47.6 Å². The lowest BCUT2D eigenvalue weighted by atomic mass is 9.97. The van der Waals surface area contributed by atoms with Crippen LogP contribution in [0.4, 0.5) is 56.1 Å². The molecule has 6 aromatic carbocycles. The molecule has 24 heteroatoms. The van der Waals surface area contributed by atoms with E-state index in [1.54, 1.807) is 30.3 Å². The molecule has 6 heterocycles. The third-order valence-electron chi connectivity index (χ3n) is 16.0. The number of urea groups is 2. The number of rotatable bonds is 15. The highest BCUT2D eigenvalue weighted by Crippen LogP contribution is 2.42. The fourth-order valence-electron chi connectivity index (χ4n) is 11.5. The van der Waals surface area contributed by atoms with Gasteiger partial charge in [0, 0.05) is 103 Å². The summed E-state index contributed by atoms with van der Waals surface area (Å²) in [5.74, 6) is -4.02. The first kappa shape index (κ1) is 66.4. The molecule has 0 saturated carbocycles. The van der Waals surface area contributed by atoms with E-state index in [0.717, 1.165) is 97.3 Å². The zero-order valence-electron chi connectivity index (χ0n) is 52.7. The van der Waals surface area contributed by atoms with E-state index >= 15 is 8.78 Å². The van der Waals surface area contributed by atoms with Crippen molar-refractivity contribution < 1.29 is 40.9 Å². The number of likely N-dealkylation sites (tertiary alicyclic amines) is 2. The van der Waals surface area contributed by atoms with Crippen molar-refractivity contribution in [1.29, 1.82) is 0 Å². The lowest BCUT2D eigenvalue weighted by Crippen LogP contribution is -2.43. The maximum atomic E-state index is 15.1. The zero-order valence-corrected chi connectivity index (χ0v) is 53.5. The molecule has 4 aliphatic heterocycles. The summed E-state index contributed by atoms with van der Waals surface area (Å²) < 4.78 is 72.0. The number of para-hydroxylation sites is 2. The Kier molecular flexibility index (Phi) is 21.0. The van der Waals surface area contributed by atoms with Gasteiger partial charge in [-0.3, -0.25) is 23.6 Å². The number of nitrogens with zero attached hydrogens (tertiary/aromatic N) is 8. The first-order valence-corrected chi connectivity index (χ1v) is 32.2. The molecule has 8 aromatic rings. The van der Waals surface area contributed by atoms with Crippen molar-refractivity contribution in [3.63, 3.8) is 0 Å². The Balaban J connectivity index is 0.000000174. The first-order chi connectivity index (χ1) is 44.6. The number of aryl methyl sites for hydroxylation is 2. The molecule has 4 aliphatic rings. The average Bonchev–Trinajstić information content (AvgIpc) is 1.25. The zero-order chi connectivity index (χ0) is 66.2. The van der Waals surface area contributed by atoms with Crippen LogP contribution in [0.1, 0.15) is 94.6 Å². The summed E-state index contributed by atoms with van der Waals surface area (Å²) in [6.45, 7) is 16.8. The summed E-state index contributed by atoms with van der Waals surface area (Å²) in [5, 5.41) is 14.4. The lowest BCUT2D eigenvalue weighted by molar-refractivity contribution is 0.0934. The number of amides is 6. The number of hydrogen-bond acceptors (Lipinski definition) is 13. The SMILES string of the molecule is Cc1ccc(C(=O)NC(C)C)cc1-c1nc(N[C@H]2CCN(Cc3ccccc3)C2)nc2c1CNC(=O)N2c1c(F)cccc1F.Cc1ccc(C(=O)NC(C)C)cc1-c1nc(S(C)=O)nc2c1CNC(=O)N2c1c(F)cccc1F.N[C@H]1CCN(Cc2ccccc2)C1. The molecule has 6 amide bonds. The van der Waals surface area contributed by atoms with Crippen LogP contribution in [0.3, 0.4) is 0 Å². The van der Waals surface area contributed by atoms with Gasteiger partial charge in [0.15, 0.2) is 11.6 Å². The van der Waals surface area contributed by atoms with Gasteiger partial charge in [0.2, 0.25) is 11.1 Å². The number of hydrogen-bond donors (Lipinski definition) is 6. The molecule has 0 bridgehead atoms. The topological polar surface area (TPSA) is 236 Å². The number of nitrogens with two attached hydrogens (primary N) is 1. The summed E-state index contributed by atoms with van der Waals surface area (Å²) in [4.78, 5) is 76.4. The van der Waals surface area contributed by atoms with Crippen molar-refractivity contribution in [2.45, 2.75) is 110 Å². The predicted octanol–water partition coefficient (Wildman–Crippen LogP) is 11.1. The molecular weight excluding hydrogens is 1210 g/mol. The molecule has 7 N–H and O–H groups in total. The molecule has 2 saturated heterocycles. The Bertz CT molecular complexity index is 4070. The van der Waals surface area contributed by atoms with E-state index in [9.17, 15) is 32.2 Å². The molecule has 0 radical (unpaired) electrons. The van der Waals surface area contributed by atoms with Crippen LogP contribution in [-0.2, 0) is 37.0 Å². The molecule has 12 rings (SSSR count). The molecule has 2 fully saturated rings. The minimum Gasteiger partial charge on any atom is -0.350 e. The molecular formula is C69H74F4N14O5S. The van der Waals surface area contributed by atoms with Gasteiger partial charge in [-0.1, -0.05) is 84.9 Å². The van der Waals surface area contributed by atoms with Crippen LogP contribution in [-0.4, -0.2) is 114 Å². The second kappa shape index (κ2) is 29.4. The number of benzene rings is 6. The van der Waals surface area contributed by atoms with Gasteiger partial charge in [-0.15, -0.1) is 0 Å². The quantitative estimate of drug-likeness (QED) is 0.0414. The van der Waals surface area contributed by atoms with Crippen LogP contribution in [0.5, 0.6) is 0 Å². The van der Waals surface area contributed by atoms with E-state index in [4.69, 9.17) is 15.7 Å². The van der Waals surface area contributed by atoms with E-state index in [1.165, 1.54) is 29.5 Å². The smallest absolute Gasteiger partial charge is 0.328 e. The summed E-state index contributed by atoms with van der Waals surface area (Å²) in [6.07, 6.45) is 3.34. The largest absolute Gasteiger partial charge is 0.350 e. The van der Waals surface area contributed by atoms with E-state index in [-0.39, 0.29) is 65.8 Å². The Labute approximate surface area is 540 Å². The third-order valence-corrected chi connectivity index (χ3v) is 16.7. The highest BCUT2D eigenvalue weighted by Gasteiger charge is 2.37. The molecule has 19 nitrogen and oxygen atoms in total. The van der Waals surface area contributed by atoms with Gasteiger partial charge < -0.3 is 32.3 Å². The van der Waals surface area contributed by atoms with Crippen LogP contribution in [0.2, 0.25) is 0 Å². The Morgan fingerprint density at radius 1 is 0.591 bits per heavy atom. The molecule has 484 valence electrons. The molecule has 93 heavy (non-hydrogen) atoms. The number of halogens is 4. The van der Waals surface area contributed by atoms with Gasteiger partial charge in [0.05, 0.1) is 35.3 Å². The van der Waals surface area contributed by atoms with Crippen molar-refractivity contribution in [3.8, 4) is 22.5 Å². The van der Waals surface area contributed by atoms with Gasteiger partial charge in [0.1, 0.15) is 34.6 Å². The Hall–Kier alpha value is -9.49. The standard InChI is InChI=1S/C34H35F2N7O2.C24H23F2N5O3S.C11H16N2/c1-20(2)38-32(44)23-13-12-21(3)25(16-23)29-26-17-37-34(45)43(30-27(35)10-7-11-28(30)36)31(26)41-33(40-29)39-24-14-15-42(19-24)18-22-8-5-4-6-9-22;1-12(2)28-22(32)14-9-8-13(3)15(10-14)19-16-11-27-24(33)31(20-17(25)6-5-7-18(20)26)21(16)30-23(29-19)35(4)34;12-11-6-7-13(9-11)8-10-4-2-1-3-5-10/h4-13,16,20,24H,14-15,17-19H2,1-3H3,(H,37,45)(H,38,44)(H,39,40,41);5-10,12H,11H2,1-4H3,(H,27,33)(H,28,32);1-5,11H,6-9,12H2/t24-;;11-/m0.0/s1. The molecule has 3 atom stereocenters. The van der Waals surface area contributed by atoms with Crippen molar-refractivity contribution in [2.24, 2.45) is 5.73 Å². The van der Waals surface area contributed by atoms with E-state index < -0.39 is 57.5 Å². The van der Waals surface area contributed by atoms with E-state index in [1.807, 2.05) is 65.8 Å². The van der Waals surface area contributed by atoms with Crippen molar-refractivity contribution >= 4 is 63.6 Å². The highest BCUT2D eigenvalue weighted by molar-refractivity contribution is 7.84. The number of carbonyl (C=O) groups excluding carboxylic acids is 4. The maximum Gasteiger partial charge on any atom is 0.328 e. The molecule has 0 aliphatic carbocycles. The van der Waals surface area contributed by atoms with Crippen molar-refractivity contribution in [3.05, 3.63) is 201 Å². The van der Waals surface area contributed by atoms with Crippen molar-refractivity contribution in [1.82, 2.24) is 51.0 Å². The van der Waals surface area contributed by atoms with Gasteiger partial charge >= 0.3 is 12.1 Å². The Morgan fingerprint density at radius 2 is 1.03 bits per heavy atom. The fraction of sp³-hybridized carbons (Fsp3) is 0.304. The summed E-state index contributed by atoms with van der Waals surface area (Å²) in [5.41, 5.74) is 12.5. The normalized spacial score (nSPS) is 16.5. The van der Waals surface area contributed by atoms with Crippen LogP contribution < -0.4 is 42.1 Å². The minimum atomic E-state index is -1.68. The molecule has 1 unspecified atom stereocenters. The summed E-state index contributed by atoms with van der Waals surface area (Å²) in [7, 11) is -1.68. The summed E-state index contributed by atoms with van der Waals surface area (Å²) in [6, 6.07) is 36.6. The highest BCUT2D eigenvalue weighted by atomic mass is 32.2. The van der Waals surface area contributed by atoms with Crippen LogP contribution >= 0.6 is 0 Å². The lowest BCUT2D eigenvalue weighted by Gasteiger charge is -2.31. The van der Waals surface area contributed by atoms with Gasteiger partial charge in [-0.05, 0) is 125 Å². The maximum absolute atomic E-state index is 15.1. The predicted molar refractivity (Wildman–Crippen MR) is 351 cm³/mol. The van der Waals surface area contributed by atoms with E-state index in [2.05, 4.69) is 88.8 Å². The number of carbonyl (C=O) groups is 4. The van der Waals surface area contributed by atoms with Crippen LogP contribution in [0.25, 0.3) is 22.5 Å². The number of anilines is 5. The first-order valence-electron chi connectivity index (χ1n) is 30.7. The second-order valence-corrected chi connectivity index (χ2v) is 25.1. The van der Waals surface area contributed by atoms with Crippen LogP contribution in [0, 0.1) is 37.1 Å². The minimum absolute atomic E-state index is 0.0000670. The van der Waals surface area contributed by atoms with E-state index in [0.29, 0.717) is 50.8 Å². The van der Waals surface area contributed by atoms with Crippen LogP contribution in [0.15, 0.2) is 139 Å². The third kappa shape index (κ3) is 15.7. The summed E-state index contributed by atoms with van der Waals surface area (Å²) >= 11 is 0. The molecule has 0 spiro atoms. The average molecular weight is 1290 g/mol. The number of aromatic nitrogens is 4. The monoisotopic (exact) mass is 1290 g/mol. The van der Waals surface area contributed by atoms with Gasteiger partial charge in [-0.2, -0.15) is 4.98 Å². The molecule has 2 aromatic heterocycles. The second-order valence-electron chi connectivity index (χ2n) is 23.9. The Morgan fingerprint density at radius 3 is 1.47 bits per heavy atom. The number of nitrogens with one attached hydrogen (secondary N) is 5. The fourth-order valence-corrected chi connectivity index (χ4v) is 11.9. The van der Waals surface area contributed by atoms with Gasteiger partial charge in [-0.25, -0.2) is 51.9 Å². The number of fused-ring (bicyclic) bond motifs is 2. The van der Waals surface area contributed by atoms with Gasteiger partial charge in [0.25, 0.3) is 11.8 Å².